The Labute approximate surface area is 163 Å². The predicted molar refractivity (Wildman–Crippen MR) is 112 cm³/mol. The summed E-state index contributed by atoms with van der Waals surface area (Å²) in [6.07, 6.45) is 0. The summed E-state index contributed by atoms with van der Waals surface area (Å²) in [5, 5.41) is 11.0. The molecule has 28 heavy (non-hydrogen) atoms. The lowest BCUT2D eigenvalue weighted by molar-refractivity contribution is -0.114. The number of anilines is 2. The first-order valence-electron chi connectivity index (χ1n) is 9.05. The summed E-state index contributed by atoms with van der Waals surface area (Å²) < 4.78 is 4.90. The third-order valence-corrected chi connectivity index (χ3v) is 4.23. The van der Waals surface area contributed by atoms with Crippen molar-refractivity contribution in [3.8, 4) is 0 Å². The van der Waals surface area contributed by atoms with Crippen LogP contribution < -0.4 is 16.0 Å². The van der Waals surface area contributed by atoms with Crippen molar-refractivity contribution in [3.05, 3.63) is 72.3 Å². The van der Waals surface area contributed by atoms with Gasteiger partial charge in [0.1, 0.15) is 0 Å². The first-order valence-corrected chi connectivity index (χ1v) is 9.05. The Bertz CT molecular complexity index is 955. The summed E-state index contributed by atoms with van der Waals surface area (Å²) >= 11 is 0. The SMILES string of the molecule is COCCNC(=O)c1ccc(NC(=O)CNc2ccc3ccccc3c2)cc1. The Hall–Kier alpha value is -3.38. The van der Waals surface area contributed by atoms with Crippen molar-refractivity contribution < 1.29 is 14.3 Å². The summed E-state index contributed by atoms with van der Waals surface area (Å²) in [6, 6.07) is 20.8. The van der Waals surface area contributed by atoms with Crippen LogP contribution in [-0.4, -0.2) is 38.6 Å². The van der Waals surface area contributed by atoms with Crippen molar-refractivity contribution in [3.63, 3.8) is 0 Å². The number of amides is 2. The van der Waals surface area contributed by atoms with Gasteiger partial charge in [0.15, 0.2) is 0 Å². The molecule has 0 aliphatic rings. The lowest BCUT2D eigenvalue weighted by atomic mass is 10.1. The fourth-order valence-corrected chi connectivity index (χ4v) is 2.76. The van der Waals surface area contributed by atoms with E-state index < -0.39 is 0 Å². The molecular formula is C22H23N3O3. The zero-order chi connectivity index (χ0) is 19.8. The Morgan fingerprint density at radius 1 is 0.893 bits per heavy atom. The standard InChI is InChI=1S/C22H23N3O3/c1-28-13-12-23-22(27)17-7-9-19(10-8-17)25-21(26)15-24-20-11-6-16-4-2-3-5-18(16)14-20/h2-11,14,24H,12-13,15H2,1H3,(H,23,27)(H,25,26). The quantitative estimate of drug-likeness (QED) is 0.527. The van der Waals surface area contributed by atoms with Gasteiger partial charge in [0.25, 0.3) is 5.91 Å². The van der Waals surface area contributed by atoms with Crippen LogP contribution in [0, 0.1) is 0 Å². The van der Waals surface area contributed by atoms with Crippen molar-refractivity contribution in [1.29, 1.82) is 0 Å². The summed E-state index contributed by atoms with van der Waals surface area (Å²) in [5.41, 5.74) is 2.05. The van der Waals surface area contributed by atoms with Crippen LogP contribution in [0.15, 0.2) is 66.7 Å². The van der Waals surface area contributed by atoms with Gasteiger partial charge < -0.3 is 20.7 Å². The minimum Gasteiger partial charge on any atom is -0.383 e. The van der Waals surface area contributed by atoms with Gasteiger partial charge in [-0.15, -0.1) is 0 Å². The van der Waals surface area contributed by atoms with Crippen molar-refractivity contribution in [2.75, 3.05) is 37.4 Å². The van der Waals surface area contributed by atoms with Crippen LogP contribution in [0.4, 0.5) is 11.4 Å². The van der Waals surface area contributed by atoms with Crippen molar-refractivity contribution in [1.82, 2.24) is 5.32 Å². The average molecular weight is 377 g/mol. The van der Waals surface area contributed by atoms with Gasteiger partial charge in [-0.25, -0.2) is 0 Å². The third-order valence-electron chi connectivity index (χ3n) is 4.23. The molecule has 0 aliphatic heterocycles. The van der Waals surface area contributed by atoms with E-state index in [2.05, 4.69) is 16.0 Å². The van der Waals surface area contributed by atoms with E-state index in [0.29, 0.717) is 24.4 Å². The van der Waals surface area contributed by atoms with Gasteiger partial charge in [0.05, 0.1) is 13.2 Å². The number of rotatable bonds is 8. The molecular weight excluding hydrogens is 354 g/mol. The largest absolute Gasteiger partial charge is 0.383 e. The van der Waals surface area contributed by atoms with E-state index in [9.17, 15) is 9.59 Å². The Morgan fingerprint density at radius 3 is 2.36 bits per heavy atom. The highest BCUT2D eigenvalue weighted by Gasteiger charge is 2.06. The number of methoxy groups -OCH3 is 1. The fourth-order valence-electron chi connectivity index (χ4n) is 2.76. The van der Waals surface area contributed by atoms with Gasteiger partial charge in [-0.2, -0.15) is 0 Å². The lowest BCUT2D eigenvalue weighted by Crippen LogP contribution is -2.27. The highest BCUT2D eigenvalue weighted by molar-refractivity contribution is 5.97. The molecule has 6 nitrogen and oxygen atoms in total. The number of ether oxygens (including phenoxy) is 1. The molecule has 0 fully saturated rings. The van der Waals surface area contributed by atoms with Gasteiger partial charge >= 0.3 is 0 Å². The van der Waals surface area contributed by atoms with E-state index in [-0.39, 0.29) is 18.4 Å². The molecule has 0 radical (unpaired) electrons. The second-order valence-electron chi connectivity index (χ2n) is 6.29. The first-order chi connectivity index (χ1) is 13.7. The fraction of sp³-hybridized carbons (Fsp3) is 0.182. The summed E-state index contributed by atoms with van der Waals surface area (Å²) in [7, 11) is 1.58. The van der Waals surface area contributed by atoms with E-state index in [1.807, 2.05) is 42.5 Å². The zero-order valence-electron chi connectivity index (χ0n) is 15.7. The minimum absolute atomic E-state index is 0.150. The number of carbonyl (C=O) groups excluding carboxylic acids is 2. The average Bonchev–Trinajstić information content (AvgIpc) is 2.73. The Kier molecular flexibility index (Phi) is 6.59. The molecule has 0 aromatic heterocycles. The molecule has 0 spiro atoms. The van der Waals surface area contributed by atoms with Gasteiger partial charge in [0.2, 0.25) is 5.91 Å². The van der Waals surface area contributed by atoms with Crippen LogP contribution in [0.25, 0.3) is 10.8 Å². The summed E-state index contributed by atoms with van der Waals surface area (Å²) in [4.78, 5) is 24.1. The summed E-state index contributed by atoms with van der Waals surface area (Å²) in [6.45, 7) is 1.07. The van der Waals surface area contributed by atoms with Crippen LogP contribution >= 0.6 is 0 Å². The molecule has 144 valence electrons. The van der Waals surface area contributed by atoms with Crippen LogP contribution in [-0.2, 0) is 9.53 Å². The minimum atomic E-state index is -0.173. The van der Waals surface area contributed by atoms with Crippen molar-refractivity contribution in [2.24, 2.45) is 0 Å². The van der Waals surface area contributed by atoms with Gasteiger partial charge in [-0.3, -0.25) is 9.59 Å². The molecule has 0 bridgehead atoms. The van der Waals surface area contributed by atoms with Gasteiger partial charge in [0, 0.05) is 30.6 Å². The second kappa shape index (κ2) is 9.53. The molecule has 3 aromatic rings. The first kappa shape index (κ1) is 19.4. The Morgan fingerprint density at radius 2 is 1.61 bits per heavy atom. The third kappa shape index (κ3) is 5.31. The number of hydrogen-bond donors (Lipinski definition) is 3. The lowest BCUT2D eigenvalue weighted by Gasteiger charge is -2.09. The maximum absolute atomic E-state index is 12.2. The van der Waals surface area contributed by atoms with Crippen LogP contribution in [0.3, 0.4) is 0 Å². The molecule has 0 unspecified atom stereocenters. The number of carbonyl (C=O) groups is 2. The van der Waals surface area contributed by atoms with E-state index in [4.69, 9.17) is 4.74 Å². The Balaban J connectivity index is 1.50. The monoisotopic (exact) mass is 377 g/mol. The smallest absolute Gasteiger partial charge is 0.251 e. The number of nitrogens with one attached hydrogen (secondary N) is 3. The normalized spacial score (nSPS) is 10.5. The topological polar surface area (TPSA) is 79.5 Å². The second-order valence-corrected chi connectivity index (χ2v) is 6.29. The van der Waals surface area contributed by atoms with E-state index in [1.54, 1.807) is 31.4 Å². The maximum Gasteiger partial charge on any atom is 0.251 e. The van der Waals surface area contributed by atoms with E-state index in [0.717, 1.165) is 16.5 Å². The van der Waals surface area contributed by atoms with Crippen LogP contribution in [0.5, 0.6) is 0 Å². The van der Waals surface area contributed by atoms with E-state index in [1.165, 1.54) is 0 Å². The van der Waals surface area contributed by atoms with Gasteiger partial charge in [-0.1, -0.05) is 30.3 Å². The van der Waals surface area contributed by atoms with E-state index >= 15 is 0 Å². The van der Waals surface area contributed by atoms with Crippen LogP contribution in [0.2, 0.25) is 0 Å². The highest BCUT2D eigenvalue weighted by Crippen LogP contribution is 2.18. The molecule has 0 aliphatic carbocycles. The number of benzene rings is 3. The highest BCUT2D eigenvalue weighted by atomic mass is 16.5. The molecule has 0 atom stereocenters. The number of fused-ring (bicyclic) bond motifs is 1. The van der Waals surface area contributed by atoms with Crippen molar-refractivity contribution in [2.45, 2.75) is 0 Å². The van der Waals surface area contributed by atoms with Crippen LogP contribution in [0.1, 0.15) is 10.4 Å². The molecule has 3 N–H and O–H groups in total. The summed E-state index contributed by atoms with van der Waals surface area (Å²) in [5.74, 6) is -0.335. The van der Waals surface area contributed by atoms with Crippen molar-refractivity contribution >= 4 is 34.0 Å². The van der Waals surface area contributed by atoms with Gasteiger partial charge in [-0.05, 0) is 47.2 Å². The molecule has 3 rings (SSSR count). The zero-order valence-corrected chi connectivity index (χ0v) is 15.7. The molecule has 6 heteroatoms. The predicted octanol–water partition coefficient (Wildman–Crippen LogP) is 3.27. The molecule has 0 heterocycles. The molecule has 2 amide bonds. The molecule has 0 saturated carbocycles. The molecule has 3 aromatic carbocycles. The number of hydrogen-bond acceptors (Lipinski definition) is 4. The maximum atomic E-state index is 12.2. The molecule has 0 saturated heterocycles.